The van der Waals surface area contributed by atoms with Crippen molar-refractivity contribution in [3.05, 3.63) is 57.7 Å². The number of thiophene rings is 1. The number of aromatic nitrogens is 2. The number of hydrogen-bond acceptors (Lipinski definition) is 6. The average Bonchev–Trinajstić information content (AvgIpc) is 3.13. The number of carbonyl (C=O) groups excluding carboxylic acids is 1. The standard InChI is InChI=1S/C23H23F2N3O3S2/c1-3-10-28-21(30)19-16-9-4-13(2)11-17(16)33-20(19)27-23(28)32-12-18(29)26-14-5-7-15(8-6-14)31-22(24)25/h3,5-8,13,22H,1,4,9-12H2,2H3,(H,26,29). The van der Waals surface area contributed by atoms with Crippen LogP contribution in [0.2, 0.25) is 0 Å². The van der Waals surface area contributed by atoms with Crippen LogP contribution in [-0.4, -0.2) is 27.8 Å². The summed E-state index contributed by atoms with van der Waals surface area (Å²) in [6.07, 6.45) is 4.55. The van der Waals surface area contributed by atoms with Gasteiger partial charge < -0.3 is 10.1 Å². The van der Waals surface area contributed by atoms with E-state index in [1.165, 1.54) is 40.9 Å². The van der Waals surface area contributed by atoms with E-state index in [9.17, 15) is 18.4 Å². The third-order valence-corrected chi connectivity index (χ3v) is 7.51. The molecule has 6 nitrogen and oxygen atoms in total. The monoisotopic (exact) mass is 491 g/mol. The van der Waals surface area contributed by atoms with Gasteiger partial charge in [-0.25, -0.2) is 4.98 Å². The summed E-state index contributed by atoms with van der Waals surface area (Å²) < 4.78 is 30.4. The van der Waals surface area contributed by atoms with Crippen LogP contribution in [0.3, 0.4) is 0 Å². The number of halogens is 2. The predicted octanol–water partition coefficient (Wildman–Crippen LogP) is 5.10. The first kappa shape index (κ1) is 23.4. The van der Waals surface area contributed by atoms with E-state index in [1.807, 2.05) is 0 Å². The maximum absolute atomic E-state index is 13.3. The number of carbonyl (C=O) groups is 1. The summed E-state index contributed by atoms with van der Waals surface area (Å²) in [7, 11) is 0. The van der Waals surface area contributed by atoms with Gasteiger partial charge in [0.15, 0.2) is 5.16 Å². The fourth-order valence-corrected chi connectivity index (χ4v) is 6.08. The van der Waals surface area contributed by atoms with Gasteiger partial charge in [-0.15, -0.1) is 17.9 Å². The number of aryl methyl sites for hydroxylation is 1. The number of rotatable bonds is 8. The molecule has 10 heteroatoms. The van der Waals surface area contributed by atoms with Gasteiger partial charge >= 0.3 is 6.61 Å². The Kier molecular flexibility index (Phi) is 7.14. The normalized spacial score (nSPS) is 15.5. The summed E-state index contributed by atoms with van der Waals surface area (Å²) in [5.74, 6) is 0.333. The Bertz CT molecular complexity index is 1240. The molecule has 0 radical (unpaired) electrons. The molecule has 1 aliphatic rings. The van der Waals surface area contributed by atoms with Gasteiger partial charge in [-0.3, -0.25) is 14.2 Å². The zero-order valence-electron chi connectivity index (χ0n) is 18.0. The molecular formula is C23H23F2N3O3S2. The molecule has 3 aromatic rings. The lowest BCUT2D eigenvalue weighted by Crippen LogP contribution is -2.24. The number of fused-ring (bicyclic) bond motifs is 3. The lowest BCUT2D eigenvalue weighted by atomic mass is 9.89. The molecular weight excluding hydrogens is 468 g/mol. The molecule has 1 atom stereocenters. The smallest absolute Gasteiger partial charge is 0.387 e. The number of anilines is 1. The minimum Gasteiger partial charge on any atom is -0.435 e. The van der Waals surface area contributed by atoms with Crippen LogP contribution in [0.25, 0.3) is 10.2 Å². The van der Waals surface area contributed by atoms with Crippen molar-refractivity contribution in [2.24, 2.45) is 5.92 Å². The number of hydrogen-bond donors (Lipinski definition) is 1. The molecule has 1 amide bonds. The van der Waals surface area contributed by atoms with E-state index >= 15 is 0 Å². The van der Waals surface area contributed by atoms with Gasteiger partial charge in [-0.2, -0.15) is 8.78 Å². The number of ether oxygens (including phenoxy) is 1. The van der Waals surface area contributed by atoms with Crippen LogP contribution in [0.1, 0.15) is 23.8 Å². The molecule has 2 heterocycles. The first-order valence-electron chi connectivity index (χ1n) is 10.5. The van der Waals surface area contributed by atoms with Crippen LogP contribution in [-0.2, 0) is 24.2 Å². The maximum atomic E-state index is 13.3. The molecule has 0 spiro atoms. The summed E-state index contributed by atoms with van der Waals surface area (Å²) in [5, 5.41) is 3.87. The summed E-state index contributed by atoms with van der Waals surface area (Å²) in [6.45, 7) is 3.37. The highest BCUT2D eigenvalue weighted by molar-refractivity contribution is 7.99. The zero-order valence-corrected chi connectivity index (χ0v) is 19.6. The van der Waals surface area contributed by atoms with Crippen molar-refractivity contribution >= 4 is 44.9 Å². The third kappa shape index (κ3) is 5.27. The lowest BCUT2D eigenvalue weighted by molar-refractivity contribution is -0.113. The highest BCUT2D eigenvalue weighted by atomic mass is 32.2. The second-order valence-corrected chi connectivity index (χ2v) is 9.90. The van der Waals surface area contributed by atoms with Gasteiger partial charge in [-0.05, 0) is 55.0 Å². The molecule has 0 fully saturated rings. The molecule has 0 saturated heterocycles. The second kappa shape index (κ2) is 10.0. The number of thioether (sulfide) groups is 1. The molecule has 0 aliphatic heterocycles. The number of benzene rings is 1. The average molecular weight is 492 g/mol. The highest BCUT2D eigenvalue weighted by Gasteiger charge is 2.24. The molecule has 1 unspecified atom stereocenters. The first-order chi connectivity index (χ1) is 15.9. The van der Waals surface area contributed by atoms with Crippen LogP contribution in [0.15, 0.2) is 46.9 Å². The summed E-state index contributed by atoms with van der Waals surface area (Å²) in [4.78, 5) is 32.4. The van der Waals surface area contributed by atoms with E-state index in [0.717, 1.165) is 29.7 Å². The van der Waals surface area contributed by atoms with E-state index in [-0.39, 0.29) is 23.0 Å². The van der Waals surface area contributed by atoms with Crippen LogP contribution in [0.4, 0.5) is 14.5 Å². The van der Waals surface area contributed by atoms with Crippen molar-refractivity contribution < 1.29 is 18.3 Å². The highest BCUT2D eigenvalue weighted by Crippen LogP contribution is 2.36. The van der Waals surface area contributed by atoms with Crippen molar-refractivity contribution in [1.82, 2.24) is 9.55 Å². The van der Waals surface area contributed by atoms with Crippen LogP contribution in [0.5, 0.6) is 5.75 Å². The van der Waals surface area contributed by atoms with Crippen molar-refractivity contribution in [3.8, 4) is 5.75 Å². The van der Waals surface area contributed by atoms with Gasteiger partial charge in [0.05, 0.1) is 11.1 Å². The van der Waals surface area contributed by atoms with E-state index in [0.29, 0.717) is 28.7 Å². The first-order valence-corrected chi connectivity index (χ1v) is 12.3. The largest absolute Gasteiger partial charge is 0.435 e. The lowest BCUT2D eigenvalue weighted by Gasteiger charge is -2.17. The number of allylic oxidation sites excluding steroid dienone is 1. The molecule has 4 rings (SSSR count). The molecule has 2 aromatic heterocycles. The van der Waals surface area contributed by atoms with Gasteiger partial charge in [0, 0.05) is 17.1 Å². The van der Waals surface area contributed by atoms with E-state index < -0.39 is 6.61 Å². The van der Waals surface area contributed by atoms with E-state index in [4.69, 9.17) is 4.98 Å². The third-order valence-electron chi connectivity index (χ3n) is 5.39. The fourth-order valence-electron chi connectivity index (χ4n) is 3.85. The van der Waals surface area contributed by atoms with Gasteiger partial charge in [0.25, 0.3) is 5.56 Å². The van der Waals surface area contributed by atoms with Crippen LogP contribution >= 0.6 is 23.1 Å². The fraction of sp³-hybridized carbons (Fsp3) is 0.348. The SMILES string of the molecule is C=CCn1c(SCC(=O)Nc2ccc(OC(F)F)cc2)nc2sc3c(c2c1=O)CCC(C)C3. The molecule has 0 bridgehead atoms. The van der Waals surface area contributed by atoms with Gasteiger partial charge in [0.2, 0.25) is 5.91 Å². The number of amides is 1. The van der Waals surface area contributed by atoms with Crippen LogP contribution < -0.4 is 15.6 Å². The molecule has 33 heavy (non-hydrogen) atoms. The summed E-state index contributed by atoms with van der Waals surface area (Å²) >= 11 is 2.75. The Morgan fingerprint density at radius 1 is 1.42 bits per heavy atom. The minimum absolute atomic E-state index is 0.0105. The van der Waals surface area contributed by atoms with Gasteiger partial charge in [-0.1, -0.05) is 24.8 Å². The summed E-state index contributed by atoms with van der Waals surface area (Å²) in [5.41, 5.74) is 1.48. The Balaban J connectivity index is 1.52. The minimum atomic E-state index is -2.91. The number of nitrogens with zero attached hydrogens (tertiary/aromatic N) is 2. The number of alkyl halides is 2. The summed E-state index contributed by atoms with van der Waals surface area (Å²) in [6, 6.07) is 5.67. The topological polar surface area (TPSA) is 73.2 Å². The predicted molar refractivity (Wildman–Crippen MR) is 128 cm³/mol. The molecule has 1 aliphatic carbocycles. The number of nitrogens with one attached hydrogen (secondary N) is 1. The molecule has 1 N–H and O–H groups in total. The van der Waals surface area contributed by atoms with Gasteiger partial charge in [0.1, 0.15) is 10.6 Å². The van der Waals surface area contributed by atoms with E-state index in [2.05, 4.69) is 23.6 Å². The Morgan fingerprint density at radius 2 is 2.18 bits per heavy atom. The van der Waals surface area contributed by atoms with Crippen molar-refractivity contribution in [2.75, 3.05) is 11.1 Å². The molecule has 0 saturated carbocycles. The van der Waals surface area contributed by atoms with Crippen molar-refractivity contribution in [1.29, 1.82) is 0 Å². The Labute approximate surface area is 197 Å². The Hall–Kier alpha value is -2.72. The van der Waals surface area contributed by atoms with Crippen LogP contribution in [0, 0.1) is 5.92 Å². The van der Waals surface area contributed by atoms with Crippen molar-refractivity contribution in [2.45, 2.75) is 44.5 Å². The quantitative estimate of drug-likeness (QED) is 0.270. The maximum Gasteiger partial charge on any atom is 0.387 e. The van der Waals surface area contributed by atoms with Crippen molar-refractivity contribution in [3.63, 3.8) is 0 Å². The molecule has 174 valence electrons. The zero-order chi connectivity index (χ0) is 23.5. The molecule has 1 aromatic carbocycles. The second-order valence-electron chi connectivity index (χ2n) is 7.87. The Morgan fingerprint density at radius 3 is 2.88 bits per heavy atom. The van der Waals surface area contributed by atoms with E-state index in [1.54, 1.807) is 22.0 Å².